The molecule has 0 aromatic rings. The zero-order valence-corrected chi connectivity index (χ0v) is 8.95. The third kappa shape index (κ3) is 9.01. The van der Waals surface area contributed by atoms with Gasteiger partial charge in [0.2, 0.25) is 0 Å². The van der Waals surface area contributed by atoms with Gasteiger partial charge in [-0.15, -0.1) is 0 Å². The number of aliphatic hydroxyl groups excluding tert-OH is 3. The second kappa shape index (κ2) is 11.1. The Balaban J connectivity index is 0. The summed E-state index contributed by atoms with van der Waals surface area (Å²) in [5.74, 6) is 0. The van der Waals surface area contributed by atoms with Crippen LogP contribution >= 0.6 is 0 Å². The van der Waals surface area contributed by atoms with Gasteiger partial charge in [0, 0.05) is 57.4 Å². The van der Waals surface area contributed by atoms with Gasteiger partial charge in [-0.25, -0.2) is 0 Å². The van der Waals surface area contributed by atoms with E-state index in [1.54, 1.807) is 4.90 Å². The van der Waals surface area contributed by atoms with Crippen molar-refractivity contribution in [3.8, 4) is 0 Å². The number of hydrogen-bond donors (Lipinski definition) is 3. The van der Waals surface area contributed by atoms with Gasteiger partial charge < -0.3 is 15.3 Å². The smallest absolute Gasteiger partial charge is 0.0558 e. The van der Waals surface area contributed by atoms with E-state index in [0.29, 0.717) is 19.6 Å². The molecule has 0 spiro atoms. The molecule has 0 bridgehead atoms. The third-order valence-corrected chi connectivity index (χ3v) is 1.25. The van der Waals surface area contributed by atoms with E-state index in [0.717, 1.165) is 0 Å². The fourth-order valence-electron chi connectivity index (χ4n) is 0.760. The fraction of sp³-hybridized carbons (Fsp3) is 1.00. The Morgan fingerprint density at radius 1 is 0.727 bits per heavy atom. The first kappa shape index (κ1) is 14.6. The summed E-state index contributed by atoms with van der Waals surface area (Å²) in [4.78, 5) is 1.79. The molecule has 0 atom stereocenters. The van der Waals surface area contributed by atoms with E-state index >= 15 is 0 Å². The zero-order chi connectivity index (χ0) is 7.82. The van der Waals surface area contributed by atoms with Gasteiger partial charge in [0.05, 0.1) is 19.8 Å². The molecule has 2 radical (unpaired) electrons. The molecule has 3 N–H and O–H groups in total. The van der Waals surface area contributed by atoms with Crippen LogP contribution in [0.15, 0.2) is 0 Å². The van der Waals surface area contributed by atoms with Crippen LogP contribution in [0.3, 0.4) is 0 Å². The van der Waals surface area contributed by atoms with Crippen LogP contribution < -0.4 is 0 Å². The first-order valence-electron chi connectivity index (χ1n) is 3.40. The maximum Gasteiger partial charge on any atom is 0.0558 e. The summed E-state index contributed by atoms with van der Waals surface area (Å²) in [5, 5.41) is 25.5. The minimum Gasteiger partial charge on any atom is -0.395 e. The number of rotatable bonds is 6. The summed E-state index contributed by atoms with van der Waals surface area (Å²) in [5.41, 5.74) is 0. The summed E-state index contributed by atoms with van der Waals surface area (Å²) in [6, 6.07) is 0. The minimum atomic E-state index is 0. The van der Waals surface area contributed by atoms with Crippen LogP contribution in [0.2, 0.25) is 0 Å². The van der Waals surface area contributed by atoms with Gasteiger partial charge in [0.1, 0.15) is 0 Å². The Bertz CT molecular complexity index is 60.6. The molecule has 0 amide bonds. The Hall–Kier alpha value is 1.10. The molecule has 0 aliphatic heterocycles. The van der Waals surface area contributed by atoms with Gasteiger partial charge in [-0.3, -0.25) is 4.90 Å². The predicted octanol–water partition coefficient (Wildman–Crippen LogP) is -2.12. The van der Waals surface area contributed by atoms with Crippen molar-refractivity contribution in [1.29, 1.82) is 0 Å². The molecule has 0 aliphatic carbocycles. The van der Waals surface area contributed by atoms with Crippen LogP contribution in [0.5, 0.6) is 0 Å². The molecule has 5 heteroatoms. The maximum absolute atomic E-state index is 8.48. The molecular formula is C6H15CaNO3. The zero-order valence-electron chi connectivity index (χ0n) is 6.74. The molecule has 0 rings (SSSR count). The van der Waals surface area contributed by atoms with Crippen LogP contribution in [-0.4, -0.2) is 97.4 Å². The Morgan fingerprint density at radius 2 is 1.00 bits per heavy atom. The summed E-state index contributed by atoms with van der Waals surface area (Å²) >= 11 is 0. The molecule has 11 heavy (non-hydrogen) atoms. The molecule has 0 heterocycles. The van der Waals surface area contributed by atoms with Gasteiger partial charge in [-0.05, 0) is 0 Å². The summed E-state index contributed by atoms with van der Waals surface area (Å²) in [6.45, 7) is 1.75. The van der Waals surface area contributed by atoms with Gasteiger partial charge in [0.25, 0.3) is 0 Å². The van der Waals surface area contributed by atoms with Crippen molar-refractivity contribution in [3.05, 3.63) is 0 Å². The average Bonchev–Trinajstić information content (AvgIpc) is 1.90. The van der Waals surface area contributed by atoms with E-state index in [2.05, 4.69) is 0 Å². The second-order valence-corrected chi connectivity index (χ2v) is 2.01. The van der Waals surface area contributed by atoms with Crippen LogP contribution in [0.4, 0.5) is 0 Å². The van der Waals surface area contributed by atoms with E-state index in [1.165, 1.54) is 0 Å². The van der Waals surface area contributed by atoms with E-state index in [9.17, 15) is 0 Å². The summed E-state index contributed by atoms with van der Waals surface area (Å²) < 4.78 is 0. The Labute approximate surface area is 96.8 Å². The average molecular weight is 189 g/mol. The molecule has 0 aliphatic rings. The fourth-order valence-corrected chi connectivity index (χ4v) is 0.760. The van der Waals surface area contributed by atoms with Gasteiger partial charge >= 0.3 is 0 Å². The number of hydrogen-bond acceptors (Lipinski definition) is 4. The molecule has 0 saturated carbocycles. The first-order chi connectivity index (χ1) is 4.85. The third-order valence-electron chi connectivity index (χ3n) is 1.25. The minimum absolute atomic E-state index is 0. The van der Waals surface area contributed by atoms with Crippen molar-refractivity contribution in [2.24, 2.45) is 0 Å². The molecule has 64 valence electrons. The topological polar surface area (TPSA) is 63.9 Å². The summed E-state index contributed by atoms with van der Waals surface area (Å²) in [7, 11) is 0. The normalized spacial score (nSPS) is 9.82. The maximum atomic E-state index is 8.48. The van der Waals surface area contributed by atoms with Crippen molar-refractivity contribution < 1.29 is 15.3 Å². The Morgan fingerprint density at radius 3 is 1.18 bits per heavy atom. The van der Waals surface area contributed by atoms with Crippen molar-refractivity contribution in [1.82, 2.24) is 4.90 Å². The van der Waals surface area contributed by atoms with Crippen LogP contribution in [0.25, 0.3) is 0 Å². The Kier molecular flexibility index (Phi) is 14.7. The molecule has 4 nitrogen and oxygen atoms in total. The van der Waals surface area contributed by atoms with Crippen molar-refractivity contribution in [2.75, 3.05) is 39.5 Å². The molecule has 0 fully saturated rings. The van der Waals surface area contributed by atoms with Crippen molar-refractivity contribution >= 4 is 37.7 Å². The molecule has 0 aromatic carbocycles. The van der Waals surface area contributed by atoms with Crippen LogP contribution in [0, 0.1) is 0 Å². The molecule has 0 unspecified atom stereocenters. The number of nitrogens with zero attached hydrogens (tertiary/aromatic N) is 1. The number of aliphatic hydroxyl groups is 3. The van der Waals surface area contributed by atoms with Crippen molar-refractivity contribution in [3.63, 3.8) is 0 Å². The van der Waals surface area contributed by atoms with E-state index in [1.807, 2.05) is 0 Å². The quantitative estimate of drug-likeness (QED) is 0.418. The van der Waals surface area contributed by atoms with Crippen LogP contribution in [0.1, 0.15) is 0 Å². The molecule has 0 saturated heterocycles. The molecular weight excluding hydrogens is 174 g/mol. The largest absolute Gasteiger partial charge is 0.395 e. The van der Waals surface area contributed by atoms with Gasteiger partial charge in [0.15, 0.2) is 0 Å². The van der Waals surface area contributed by atoms with E-state index < -0.39 is 0 Å². The van der Waals surface area contributed by atoms with E-state index in [4.69, 9.17) is 15.3 Å². The summed E-state index contributed by atoms with van der Waals surface area (Å²) in [6.07, 6.45) is 0. The first-order valence-corrected chi connectivity index (χ1v) is 3.40. The van der Waals surface area contributed by atoms with Gasteiger partial charge in [-0.1, -0.05) is 0 Å². The monoisotopic (exact) mass is 189 g/mol. The second-order valence-electron chi connectivity index (χ2n) is 2.01. The SMILES string of the molecule is OCCN(CCO)CCO.[Ca]. The van der Waals surface area contributed by atoms with Crippen LogP contribution in [-0.2, 0) is 0 Å². The van der Waals surface area contributed by atoms with Crippen molar-refractivity contribution in [2.45, 2.75) is 0 Å². The molecule has 0 aromatic heterocycles. The van der Waals surface area contributed by atoms with Gasteiger partial charge in [-0.2, -0.15) is 0 Å². The standard InChI is InChI=1S/C6H15NO3.Ca/c8-4-1-7(2-5-9)3-6-10;/h8-10H,1-6H2;. The van der Waals surface area contributed by atoms with E-state index in [-0.39, 0.29) is 57.6 Å². The predicted molar refractivity (Wildman–Crippen MR) is 43.5 cm³/mol.